The molecule has 0 heterocycles. The van der Waals surface area contributed by atoms with E-state index in [0.717, 1.165) is 19.1 Å². The lowest BCUT2D eigenvalue weighted by Crippen LogP contribution is -2.29. The maximum Gasteiger partial charge on any atom is 0.257 e. The summed E-state index contributed by atoms with van der Waals surface area (Å²) < 4.78 is 6.01. The van der Waals surface area contributed by atoms with Gasteiger partial charge in [-0.1, -0.05) is 29.3 Å². The van der Waals surface area contributed by atoms with Crippen molar-refractivity contribution in [1.82, 2.24) is 5.32 Å². The molecule has 1 amide bonds. The number of aldehydes is 1. The summed E-state index contributed by atoms with van der Waals surface area (Å²) in [6.07, 6.45) is 2.73. The van der Waals surface area contributed by atoms with Crippen LogP contribution in [0.25, 0.3) is 0 Å². The topological polar surface area (TPSA) is 55.4 Å². The predicted molar refractivity (Wildman–Crippen MR) is 72.9 cm³/mol. The lowest BCUT2D eigenvalue weighted by Gasteiger charge is -2.08. The normalized spacial score (nSPS) is 9.89. The first-order chi connectivity index (χ1) is 8.67. The van der Waals surface area contributed by atoms with E-state index in [4.69, 9.17) is 4.74 Å². The van der Waals surface area contributed by atoms with Gasteiger partial charge in [-0.15, -0.1) is 0 Å². The van der Waals surface area contributed by atoms with Crippen LogP contribution in [-0.2, 0) is 4.79 Å². The van der Waals surface area contributed by atoms with E-state index in [1.807, 2.05) is 0 Å². The molecule has 0 aliphatic carbocycles. The lowest BCUT2D eigenvalue weighted by molar-refractivity contribution is -0.123. The molecule has 18 heavy (non-hydrogen) atoms. The number of halogens is 1. The maximum absolute atomic E-state index is 11.4. The molecule has 1 N–H and O–H groups in total. The number of ether oxygens (including phenoxy) is 1. The largest absolute Gasteiger partial charge is 0.484 e. The molecule has 0 bridgehead atoms. The highest BCUT2D eigenvalue weighted by atomic mass is 79.9. The molecular weight excluding hydrogens is 298 g/mol. The van der Waals surface area contributed by atoms with Crippen LogP contribution in [0, 0.1) is 0 Å². The van der Waals surface area contributed by atoms with E-state index in [1.165, 1.54) is 0 Å². The number of hydrogen-bond acceptors (Lipinski definition) is 3. The van der Waals surface area contributed by atoms with Crippen LogP contribution in [0.3, 0.4) is 0 Å². The van der Waals surface area contributed by atoms with E-state index in [0.29, 0.717) is 22.3 Å². The van der Waals surface area contributed by atoms with Gasteiger partial charge >= 0.3 is 0 Å². The molecule has 0 aromatic heterocycles. The zero-order chi connectivity index (χ0) is 13.4. The van der Waals surface area contributed by atoms with Gasteiger partial charge in [0.25, 0.3) is 5.91 Å². The third-order valence-electron chi connectivity index (χ3n) is 2.32. The summed E-state index contributed by atoms with van der Waals surface area (Å²) >= 11 is 3.25. The Morgan fingerprint density at radius 3 is 2.94 bits per heavy atom. The Bertz CT molecular complexity index is 421. The zero-order valence-corrected chi connectivity index (χ0v) is 11.8. The van der Waals surface area contributed by atoms with Crippen molar-refractivity contribution in [2.75, 3.05) is 13.2 Å². The summed E-state index contributed by atoms with van der Waals surface area (Å²) in [6.45, 7) is 2.69. The van der Waals surface area contributed by atoms with Crippen molar-refractivity contribution in [2.45, 2.75) is 19.8 Å². The van der Waals surface area contributed by atoms with Crippen LogP contribution in [0.2, 0.25) is 0 Å². The van der Waals surface area contributed by atoms with Gasteiger partial charge in [0.15, 0.2) is 12.9 Å². The summed E-state index contributed by atoms with van der Waals surface area (Å²) in [5.74, 6) is 0.352. The summed E-state index contributed by atoms with van der Waals surface area (Å²) in [7, 11) is 0. The average molecular weight is 314 g/mol. The Morgan fingerprint density at radius 1 is 1.50 bits per heavy atom. The van der Waals surface area contributed by atoms with E-state index in [-0.39, 0.29) is 12.5 Å². The number of amides is 1. The smallest absolute Gasteiger partial charge is 0.257 e. The van der Waals surface area contributed by atoms with Gasteiger partial charge in [0, 0.05) is 16.6 Å². The number of benzene rings is 1. The monoisotopic (exact) mass is 313 g/mol. The first kappa shape index (κ1) is 14.7. The Hall–Kier alpha value is -1.36. The van der Waals surface area contributed by atoms with Crippen molar-refractivity contribution < 1.29 is 14.3 Å². The Labute approximate surface area is 115 Å². The fraction of sp³-hybridized carbons (Fsp3) is 0.385. The van der Waals surface area contributed by atoms with E-state index in [9.17, 15) is 9.59 Å². The van der Waals surface area contributed by atoms with Gasteiger partial charge in [-0.25, -0.2) is 0 Å². The molecule has 0 aliphatic heterocycles. The third-order valence-corrected chi connectivity index (χ3v) is 3.04. The maximum atomic E-state index is 11.4. The third kappa shape index (κ3) is 4.87. The van der Waals surface area contributed by atoms with Gasteiger partial charge in [-0.2, -0.15) is 0 Å². The fourth-order valence-electron chi connectivity index (χ4n) is 1.31. The van der Waals surface area contributed by atoms with Crippen LogP contribution in [0.4, 0.5) is 0 Å². The molecule has 0 saturated carbocycles. The van der Waals surface area contributed by atoms with Gasteiger partial charge < -0.3 is 10.1 Å². The quantitative estimate of drug-likeness (QED) is 0.621. The zero-order valence-electron chi connectivity index (χ0n) is 10.2. The van der Waals surface area contributed by atoms with Crippen LogP contribution in [-0.4, -0.2) is 25.3 Å². The van der Waals surface area contributed by atoms with E-state index < -0.39 is 0 Å². The molecule has 1 aromatic carbocycles. The predicted octanol–water partition coefficient (Wildman–Crippen LogP) is 2.56. The van der Waals surface area contributed by atoms with Crippen LogP contribution >= 0.6 is 15.9 Å². The molecule has 0 atom stereocenters. The molecule has 5 heteroatoms. The number of nitrogens with one attached hydrogen (secondary N) is 1. The Kier molecular flexibility index (Phi) is 6.43. The summed E-state index contributed by atoms with van der Waals surface area (Å²) in [5, 5.41) is 2.75. The second kappa shape index (κ2) is 7.87. The first-order valence-corrected chi connectivity index (χ1v) is 6.61. The second-order valence-electron chi connectivity index (χ2n) is 3.79. The van der Waals surface area contributed by atoms with E-state index in [2.05, 4.69) is 28.2 Å². The van der Waals surface area contributed by atoms with Crippen LogP contribution in [0.15, 0.2) is 22.7 Å². The summed E-state index contributed by atoms with van der Waals surface area (Å²) in [6, 6.07) is 5.01. The van der Waals surface area contributed by atoms with Crippen LogP contribution < -0.4 is 10.1 Å². The highest BCUT2D eigenvalue weighted by Gasteiger charge is 2.04. The minimum Gasteiger partial charge on any atom is -0.484 e. The highest BCUT2D eigenvalue weighted by molar-refractivity contribution is 9.10. The lowest BCUT2D eigenvalue weighted by atomic mass is 10.2. The highest BCUT2D eigenvalue weighted by Crippen LogP contribution is 2.20. The van der Waals surface area contributed by atoms with Gasteiger partial charge in [0.05, 0.1) is 0 Å². The van der Waals surface area contributed by atoms with Crippen molar-refractivity contribution in [3.05, 3.63) is 28.2 Å². The van der Waals surface area contributed by atoms with Crippen LogP contribution in [0.5, 0.6) is 5.75 Å². The number of carbonyl (C=O) groups is 2. The minimum absolute atomic E-state index is 0.0381. The van der Waals surface area contributed by atoms with E-state index in [1.54, 1.807) is 18.2 Å². The molecule has 0 aliphatic rings. The second-order valence-corrected chi connectivity index (χ2v) is 4.65. The molecular formula is C13H16BrNO3. The van der Waals surface area contributed by atoms with Crippen molar-refractivity contribution in [3.8, 4) is 5.75 Å². The Morgan fingerprint density at radius 2 is 2.28 bits per heavy atom. The first-order valence-electron chi connectivity index (χ1n) is 5.81. The number of unbranched alkanes of at least 4 members (excludes halogenated alkanes) is 1. The van der Waals surface area contributed by atoms with Gasteiger partial charge in [-0.05, 0) is 24.6 Å². The van der Waals surface area contributed by atoms with Gasteiger partial charge in [0.2, 0.25) is 0 Å². The number of carbonyl (C=O) groups excluding carboxylic acids is 2. The molecule has 98 valence electrons. The van der Waals surface area contributed by atoms with Gasteiger partial charge in [0.1, 0.15) is 5.75 Å². The average Bonchev–Trinajstić information content (AvgIpc) is 2.38. The summed E-state index contributed by atoms with van der Waals surface area (Å²) in [4.78, 5) is 22.1. The molecule has 0 fully saturated rings. The van der Waals surface area contributed by atoms with Crippen molar-refractivity contribution in [1.29, 1.82) is 0 Å². The standard InChI is InChI=1S/C13H16BrNO3/c1-2-3-6-15-13(17)9-18-11-4-5-12(14)10(7-11)8-16/h4-5,7-8H,2-3,6,9H2,1H3,(H,15,17). The van der Waals surface area contributed by atoms with Gasteiger partial charge in [-0.3, -0.25) is 9.59 Å². The number of hydrogen-bond donors (Lipinski definition) is 1. The molecule has 0 saturated heterocycles. The SMILES string of the molecule is CCCCNC(=O)COc1ccc(Br)c(C=O)c1. The fourth-order valence-corrected chi connectivity index (χ4v) is 1.65. The summed E-state index contributed by atoms with van der Waals surface area (Å²) in [5.41, 5.74) is 0.499. The number of rotatable bonds is 7. The molecule has 4 nitrogen and oxygen atoms in total. The van der Waals surface area contributed by atoms with E-state index >= 15 is 0 Å². The van der Waals surface area contributed by atoms with Crippen molar-refractivity contribution in [2.24, 2.45) is 0 Å². The van der Waals surface area contributed by atoms with Crippen LogP contribution in [0.1, 0.15) is 30.1 Å². The molecule has 1 aromatic rings. The molecule has 0 radical (unpaired) electrons. The Balaban J connectivity index is 2.43. The van der Waals surface area contributed by atoms with Crippen molar-refractivity contribution in [3.63, 3.8) is 0 Å². The van der Waals surface area contributed by atoms with Crippen molar-refractivity contribution >= 4 is 28.1 Å². The molecule has 0 spiro atoms. The molecule has 0 unspecified atom stereocenters. The minimum atomic E-state index is -0.154. The molecule has 1 rings (SSSR count).